The Labute approximate surface area is 156 Å². The van der Waals surface area contributed by atoms with Gasteiger partial charge in [-0.2, -0.15) is 5.26 Å². The average Bonchev–Trinajstić information content (AvgIpc) is 3.12. The van der Waals surface area contributed by atoms with Gasteiger partial charge in [0, 0.05) is 36.6 Å². The molecule has 2 saturated carbocycles. The number of guanidine groups is 1. The summed E-state index contributed by atoms with van der Waals surface area (Å²) < 4.78 is 5.86. The second-order valence-electron chi connectivity index (χ2n) is 7.43. The lowest BCUT2D eigenvalue weighted by atomic mass is 9.57. The molecule has 0 aromatic carbocycles. The van der Waals surface area contributed by atoms with Gasteiger partial charge in [-0.3, -0.25) is 4.99 Å². The zero-order valence-electron chi connectivity index (χ0n) is 14.3. The minimum absolute atomic E-state index is 0. The maximum absolute atomic E-state index is 9.26. The van der Waals surface area contributed by atoms with Gasteiger partial charge in [0.25, 0.3) is 0 Å². The van der Waals surface area contributed by atoms with Gasteiger partial charge in [0.2, 0.25) is 0 Å². The highest BCUT2D eigenvalue weighted by Gasteiger charge is 2.59. The maximum atomic E-state index is 9.26. The Bertz CT molecular complexity index is 487. The molecule has 130 valence electrons. The Morgan fingerprint density at radius 1 is 1.30 bits per heavy atom. The fourth-order valence-electron chi connectivity index (χ4n) is 4.52. The lowest BCUT2D eigenvalue weighted by molar-refractivity contribution is -0.106. The van der Waals surface area contributed by atoms with Crippen molar-refractivity contribution < 1.29 is 4.74 Å². The van der Waals surface area contributed by atoms with Crippen LogP contribution in [0, 0.1) is 28.6 Å². The third-order valence-corrected chi connectivity index (χ3v) is 5.71. The molecule has 0 amide bonds. The van der Waals surface area contributed by atoms with Crippen molar-refractivity contribution in [2.45, 2.75) is 64.6 Å². The van der Waals surface area contributed by atoms with Crippen LogP contribution in [0.1, 0.15) is 46.5 Å². The minimum Gasteiger partial charge on any atom is -0.377 e. The summed E-state index contributed by atoms with van der Waals surface area (Å²) in [6.45, 7) is 8.22. The van der Waals surface area contributed by atoms with E-state index in [1.165, 1.54) is 0 Å². The summed E-state index contributed by atoms with van der Waals surface area (Å²) in [7, 11) is 0. The quantitative estimate of drug-likeness (QED) is 0.409. The zero-order valence-corrected chi connectivity index (χ0v) is 16.7. The number of fused-ring (bicyclic) bond motifs is 1. The van der Waals surface area contributed by atoms with Gasteiger partial charge in [-0.15, -0.1) is 24.0 Å². The second-order valence-corrected chi connectivity index (χ2v) is 7.43. The van der Waals surface area contributed by atoms with Crippen LogP contribution in [0.25, 0.3) is 0 Å². The van der Waals surface area contributed by atoms with Crippen LogP contribution in [0.4, 0.5) is 0 Å². The van der Waals surface area contributed by atoms with E-state index in [-0.39, 0.29) is 41.4 Å². The summed E-state index contributed by atoms with van der Waals surface area (Å²) >= 11 is 0. The van der Waals surface area contributed by atoms with E-state index in [1.54, 1.807) is 0 Å². The fraction of sp³-hybridized carbons (Fsp3) is 0.882. The van der Waals surface area contributed by atoms with Gasteiger partial charge in [-0.1, -0.05) is 13.8 Å². The topological polar surface area (TPSA) is 69.4 Å². The van der Waals surface area contributed by atoms with E-state index in [1.807, 2.05) is 6.92 Å². The van der Waals surface area contributed by atoms with Gasteiger partial charge in [0.15, 0.2) is 5.96 Å². The fourth-order valence-corrected chi connectivity index (χ4v) is 4.52. The van der Waals surface area contributed by atoms with E-state index >= 15 is 0 Å². The number of hydrogen-bond acceptors (Lipinski definition) is 3. The molecular formula is C17H29IN4O. The Kier molecular flexibility index (Phi) is 6.17. The van der Waals surface area contributed by atoms with Crippen molar-refractivity contribution in [1.29, 1.82) is 5.26 Å². The third-order valence-electron chi connectivity index (χ3n) is 5.71. The van der Waals surface area contributed by atoms with Crippen molar-refractivity contribution in [3.8, 4) is 6.07 Å². The summed E-state index contributed by atoms with van der Waals surface area (Å²) in [5.41, 5.74) is 0.141. The molecule has 2 aliphatic carbocycles. The summed E-state index contributed by atoms with van der Waals surface area (Å²) in [5.74, 6) is 1.58. The van der Waals surface area contributed by atoms with Gasteiger partial charge in [-0.05, 0) is 32.6 Å². The Balaban J connectivity index is 0.00000192. The summed E-state index contributed by atoms with van der Waals surface area (Å²) in [6, 6.07) is 3.07. The van der Waals surface area contributed by atoms with Gasteiger partial charge >= 0.3 is 0 Å². The zero-order chi connectivity index (χ0) is 15.7. The molecule has 0 aromatic rings. The number of aliphatic imine (C=N–C) groups is 1. The molecule has 5 atom stereocenters. The van der Waals surface area contributed by atoms with Gasteiger partial charge in [0.1, 0.15) is 0 Å². The van der Waals surface area contributed by atoms with Crippen LogP contribution in [0.2, 0.25) is 0 Å². The van der Waals surface area contributed by atoms with Crippen LogP contribution in [-0.4, -0.2) is 37.3 Å². The first-order valence-electron chi connectivity index (χ1n) is 8.66. The number of nitrogens with zero attached hydrogens (tertiary/aromatic N) is 2. The summed E-state index contributed by atoms with van der Waals surface area (Å²) in [5, 5.41) is 16.4. The van der Waals surface area contributed by atoms with Crippen LogP contribution in [0.5, 0.6) is 0 Å². The van der Waals surface area contributed by atoms with E-state index < -0.39 is 0 Å². The van der Waals surface area contributed by atoms with Gasteiger partial charge in [0.05, 0.1) is 18.1 Å². The predicted octanol–water partition coefficient (Wildman–Crippen LogP) is 2.67. The summed E-state index contributed by atoms with van der Waals surface area (Å²) in [6.07, 6.45) is 4.71. The Hall–Kier alpha value is -0.550. The SMILES string of the molecule is CCN=C(NC1CCCC1C#N)NC1C2CCOC2C1(C)C.I. The first-order chi connectivity index (χ1) is 10.6. The number of halogens is 1. The van der Waals surface area contributed by atoms with Crippen molar-refractivity contribution in [2.24, 2.45) is 22.2 Å². The molecule has 1 aliphatic heterocycles. The lowest BCUT2D eigenvalue weighted by Crippen LogP contribution is -2.68. The van der Waals surface area contributed by atoms with Gasteiger partial charge in [-0.25, -0.2) is 0 Å². The second kappa shape index (κ2) is 7.56. The molecule has 3 aliphatic rings. The van der Waals surface area contributed by atoms with Crippen LogP contribution in [-0.2, 0) is 4.74 Å². The minimum atomic E-state index is 0. The molecule has 5 unspecified atom stereocenters. The predicted molar refractivity (Wildman–Crippen MR) is 102 cm³/mol. The smallest absolute Gasteiger partial charge is 0.191 e. The van der Waals surface area contributed by atoms with Crippen LogP contribution >= 0.6 is 24.0 Å². The number of rotatable bonds is 3. The molecule has 0 radical (unpaired) electrons. The first-order valence-corrected chi connectivity index (χ1v) is 8.66. The molecule has 1 saturated heterocycles. The molecule has 3 fully saturated rings. The highest BCUT2D eigenvalue weighted by molar-refractivity contribution is 14.0. The number of nitrogens with one attached hydrogen (secondary N) is 2. The van der Waals surface area contributed by atoms with Crippen molar-refractivity contribution >= 4 is 29.9 Å². The van der Waals surface area contributed by atoms with Crippen molar-refractivity contribution in [3.05, 3.63) is 0 Å². The van der Waals surface area contributed by atoms with Crippen molar-refractivity contribution in [2.75, 3.05) is 13.2 Å². The molecule has 23 heavy (non-hydrogen) atoms. The van der Waals surface area contributed by atoms with Gasteiger partial charge < -0.3 is 15.4 Å². The largest absolute Gasteiger partial charge is 0.377 e. The molecule has 0 aromatic heterocycles. The van der Waals surface area contributed by atoms with E-state index in [9.17, 15) is 5.26 Å². The molecule has 6 heteroatoms. The molecule has 0 bridgehead atoms. The van der Waals surface area contributed by atoms with E-state index in [0.717, 1.165) is 44.8 Å². The lowest BCUT2D eigenvalue weighted by Gasteiger charge is -2.55. The Morgan fingerprint density at radius 3 is 2.78 bits per heavy atom. The standard InChI is InChI=1S/C17H28N4O.HI/c1-4-19-16(20-13-7-5-6-11(13)10-18)21-14-12-8-9-22-15(12)17(14,2)3;/h11-15H,4-9H2,1-3H3,(H2,19,20,21);1H. The highest BCUT2D eigenvalue weighted by Crippen LogP contribution is 2.52. The molecule has 1 heterocycles. The first kappa shape index (κ1) is 18.8. The number of ether oxygens (including phenoxy) is 1. The van der Waals surface area contributed by atoms with Crippen LogP contribution in [0.15, 0.2) is 4.99 Å². The third kappa shape index (κ3) is 3.46. The van der Waals surface area contributed by atoms with E-state index in [2.05, 4.69) is 35.5 Å². The monoisotopic (exact) mass is 432 g/mol. The Morgan fingerprint density at radius 2 is 2.09 bits per heavy atom. The molecule has 2 N–H and O–H groups in total. The maximum Gasteiger partial charge on any atom is 0.191 e. The van der Waals surface area contributed by atoms with Crippen molar-refractivity contribution in [3.63, 3.8) is 0 Å². The number of hydrogen-bond donors (Lipinski definition) is 2. The molecular weight excluding hydrogens is 403 g/mol. The van der Waals surface area contributed by atoms with E-state index in [0.29, 0.717) is 18.1 Å². The van der Waals surface area contributed by atoms with E-state index in [4.69, 9.17) is 4.74 Å². The molecule has 0 spiro atoms. The highest BCUT2D eigenvalue weighted by atomic mass is 127. The van der Waals surface area contributed by atoms with Crippen molar-refractivity contribution in [1.82, 2.24) is 10.6 Å². The normalized spacial score (nSPS) is 38.0. The average molecular weight is 432 g/mol. The molecule has 3 rings (SSSR count). The summed E-state index contributed by atoms with van der Waals surface area (Å²) in [4.78, 5) is 4.60. The van der Waals surface area contributed by atoms with Crippen LogP contribution in [0.3, 0.4) is 0 Å². The molecule has 5 nitrogen and oxygen atoms in total. The number of nitriles is 1. The van der Waals surface area contributed by atoms with Crippen LogP contribution < -0.4 is 10.6 Å².